The molecule has 2 rings (SSSR count). The van der Waals surface area contributed by atoms with E-state index in [4.69, 9.17) is 5.11 Å². The lowest BCUT2D eigenvalue weighted by Crippen LogP contribution is -2.54. The van der Waals surface area contributed by atoms with Gasteiger partial charge in [-0.25, -0.2) is 4.79 Å². The Morgan fingerprint density at radius 3 is 2.55 bits per heavy atom. The minimum atomic E-state index is -0.819. The normalized spacial score (nSPS) is 24.8. The lowest BCUT2D eigenvalue weighted by molar-refractivity contribution is -0.138. The minimum Gasteiger partial charge on any atom is -0.481 e. The average molecular weight is 300 g/mol. The summed E-state index contributed by atoms with van der Waals surface area (Å²) in [7, 11) is 0. The number of carbonyl (C=O) groups is 2. The van der Waals surface area contributed by atoms with Crippen molar-refractivity contribution in [3.63, 3.8) is 0 Å². The number of nitrogens with zero attached hydrogens (tertiary/aromatic N) is 2. The smallest absolute Gasteiger partial charge is 0.320 e. The molecule has 0 saturated carbocycles. The highest BCUT2D eigenvalue weighted by molar-refractivity contribution is 7.99. The predicted molar refractivity (Wildman–Crippen MR) is 80.1 cm³/mol. The van der Waals surface area contributed by atoms with E-state index in [2.05, 4.69) is 6.92 Å². The van der Waals surface area contributed by atoms with E-state index in [-0.39, 0.29) is 18.5 Å². The molecule has 6 heteroatoms. The molecule has 2 aliphatic heterocycles. The van der Waals surface area contributed by atoms with Crippen LogP contribution < -0.4 is 0 Å². The van der Waals surface area contributed by atoms with Crippen molar-refractivity contribution in [2.24, 2.45) is 5.92 Å². The number of thioether (sulfide) groups is 1. The number of hydrogen-bond acceptors (Lipinski definition) is 3. The minimum absolute atomic E-state index is 0.0473. The van der Waals surface area contributed by atoms with Crippen molar-refractivity contribution < 1.29 is 14.7 Å². The Labute approximate surface area is 124 Å². The lowest BCUT2D eigenvalue weighted by atomic mass is 9.94. The molecule has 114 valence electrons. The van der Waals surface area contributed by atoms with Gasteiger partial charge in [0.15, 0.2) is 0 Å². The molecule has 1 N–H and O–H groups in total. The molecule has 2 aliphatic rings. The molecular weight excluding hydrogens is 276 g/mol. The highest BCUT2D eigenvalue weighted by atomic mass is 32.2. The number of carbonyl (C=O) groups excluding carboxylic acids is 1. The van der Waals surface area contributed by atoms with Crippen molar-refractivity contribution in [1.82, 2.24) is 9.80 Å². The SMILES string of the molecule is CCC1CCN(C(=O)N2CCSCC2CC(=O)O)CC1. The molecule has 1 unspecified atom stereocenters. The average Bonchev–Trinajstić information content (AvgIpc) is 2.46. The first-order chi connectivity index (χ1) is 9.61. The molecule has 2 fully saturated rings. The van der Waals surface area contributed by atoms with Gasteiger partial charge < -0.3 is 14.9 Å². The van der Waals surface area contributed by atoms with Gasteiger partial charge in [0.05, 0.1) is 12.5 Å². The number of aliphatic carboxylic acids is 1. The fourth-order valence-electron chi connectivity index (χ4n) is 2.99. The third-order valence-corrected chi connectivity index (χ3v) is 5.44. The van der Waals surface area contributed by atoms with Gasteiger partial charge in [0.25, 0.3) is 0 Å². The molecule has 0 aliphatic carbocycles. The third-order valence-electron chi connectivity index (χ3n) is 4.35. The van der Waals surface area contributed by atoms with E-state index in [1.807, 2.05) is 4.90 Å². The second kappa shape index (κ2) is 7.20. The Morgan fingerprint density at radius 1 is 1.25 bits per heavy atom. The largest absolute Gasteiger partial charge is 0.481 e. The van der Waals surface area contributed by atoms with Crippen LogP contribution in [0.15, 0.2) is 0 Å². The number of urea groups is 1. The number of rotatable bonds is 3. The van der Waals surface area contributed by atoms with Gasteiger partial charge in [-0.1, -0.05) is 13.3 Å². The first-order valence-corrected chi connectivity index (χ1v) is 8.62. The molecule has 2 saturated heterocycles. The second-order valence-corrected chi connectivity index (χ2v) is 6.79. The third kappa shape index (κ3) is 3.81. The summed E-state index contributed by atoms with van der Waals surface area (Å²) in [5.41, 5.74) is 0. The Morgan fingerprint density at radius 2 is 1.95 bits per heavy atom. The van der Waals surface area contributed by atoms with Crippen LogP contribution in [0.2, 0.25) is 0 Å². The van der Waals surface area contributed by atoms with E-state index < -0.39 is 5.97 Å². The van der Waals surface area contributed by atoms with Crippen LogP contribution in [-0.4, -0.2) is 64.1 Å². The van der Waals surface area contributed by atoms with Crippen molar-refractivity contribution in [2.75, 3.05) is 31.1 Å². The van der Waals surface area contributed by atoms with Crippen LogP contribution in [0.4, 0.5) is 4.79 Å². The maximum absolute atomic E-state index is 12.6. The van der Waals surface area contributed by atoms with E-state index in [0.717, 1.165) is 43.4 Å². The van der Waals surface area contributed by atoms with Crippen LogP contribution in [0, 0.1) is 5.92 Å². The summed E-state index contributed by atoms with van der Waals surface area (Å²) in [5.74, 6) is 1.57. The Balaban J connectivity index is 1.94. The first-order valence-electron chi connectivity index (χ1n) is 7.47. The zero-order chi connectivity index (χ0) is 14.5. The summed E-state index contributed by atoms with van der Waals surface area (Å²) in [6, 6.07) is -0.103. The van der Waals surface area contributed by atoms with Crippen LogP contribution >= 0.6 is 11.8 Å². The zero-order valence-electron chi connectivity index (χ0n) is 12.1. The highest BCUT2D eigenvalue weighted by Gasteiger charge is 2.32. The quantitative estimate of drug-likeness (QED) is 0.867. The van der Waals surface area contributed by atoms with Crippen molar-refractivity contribution in [2.45, 2.75) is 38.6 Å². The summed E-state index contributed by atoms with van der Waals surface area (Å²) >= 11 is 1.74. The van der Waals surface area contributed by atoms with E-state index in [1.165, 1.54) is 6.42 Å². The Hall–Kier alpha value is -0.910. The predicted octanol–water partition coefficient (Wildman–Crippen LogP) is 2.12. The van der Waals surface area contributed by atoms with Crippen molar-refractivity contribution >= 4 is 23.8 Å². The summed E-state index contributed by atoms with van der Waals surface area (Å²) in [4.78, 5) is 27.2. The topological polar surface area (TPSA) is 60.9 Å². The van der Waals surface area contributed by atoms with Crippen molar-refractivity contribution in [3.8, 4) is 0 Å². The number of carboxylic acid groups (broad SMARTS) is 1. The summed E-state index contributed by atoms with van der Waals surface area (Å²) in [5, 5.41) is 8.98. The van der Waals surface area contributed by atoms with Gasteiger partial charge in [-0.05, 0) is 18.8 Å². The molecular formula is C14H24N2O3S. The Kier molecular flexibility index (Phi) is 5.57. The maximum atomic E-state index is 12.6. The second-order valence-electron chi connectivity index (χ2n) is 5.64. The number of piperidine rings is 1. The molecule has 0 aromatic rings. The molecule has 0 spiro atoms. The molecule has 5 nitrogen and oxygen atoms in total. The molecule has 20 heavy (non-hydrogen) atoms. The fraction of sp³-hybridized carbons (Fsp3) is 0.857. The van der Waals surface area contributed by atoms with E-state index >= 15 is 0 Å². The van der Waals surface area contributed by atoms with E-state index in [1.54, 1.807) is 16.7 Å². The van der Waals surface area contributed by atoms with Gasteiger partial charge in [0.2, 0.25) is 0 Å². The summed E-state index contributed by atoms with van der Waals surface area (Å²) < 4.78 is 0. The number of likely N-dealkylation sites (tertiary alicyclic amines) is 1. The highest BCUT2D eigenvalue weighted by Crippen LogP contribution is 2.24. The van der Waals surface area contributed by atoms with Crippen molar-refractivity contribution in [3.05, 3.63) is 0 Å². The maximum Gasteiger partial charge on any atom is 0.320 e. The Bertz CT molecular complexity index is 356. The van der Waals surface area contributed by atoms with Crippen LogP contribution in [0.25, 0.3) is 0 Å². The van der Waals surface area contributed by atoms with Gasteiger partial charge in [0, 0.05) is 31.1 Å². The first kappa shape index (κ1) is 15.5. The monoisotopic (exact) mass is 300 g/mol. The lowest BCUT2D eigenvalue weighted by Gasteiger charge is -2.40. The van der Waals surface area contributed by atoms with E-state index in [9.17, 15) is 9.59 Å². The van der Waals surface area contributed by atoms with E-state index in [0.29, 0.717) is 6.54 Å². The van der Waals surface area contributed by atoms with Gasteiger partial charge in [-0.2, -0.15) is 11.8 Å². The standard InChI is InChI=1S/C14H24N2O3S/c1-2-11-3-5-15(6-4-11)14(19)16-7-8-20-10-12(16)9-13(17)18/h11-12H,2-10H2,1H3,(H,17,18). The molecule has 0 bridgehead atoms. The van der Waals surface area contributed by atoms with Crippen LogP contribution in [-0.2, 0) is 4.79 Å². The van der Waals surface area contributed by atoms with Gasteiger partial charge in [0.1, 0.15) is 0 Å². The van der Waals surface area contributed by atoms with Gasteiger partial charge >= 0.3 is 12.0 Å². The van der Waals surface area contributed by atoms with Gasteiger partial charge in [-0.3, -0.25) is 4.79 Å². The van der Waals surface area contributed by atoms with Crippen LogP contribution in [0.5, 0.6) is 0 Å². The summed E-state index contributed by atoms with van der Waals surface area (Å²) in [6.45, 7) is 4.52. The van der Waals surface area contributed by atoms with Crippen LogP contribution in [0.3, 0.4) is 0 Å². The number of hydrogen-bond donors (Lipinski definition) is 1. The molecule has 1 atom stereocenters. The van der Waals surface area contributed by atoms with Crippen LogP contribution in [0.1, 0.15) is 32.6 Å². The van der Waals surface area contributed by atoms with Crippen molar-refractivity contribution in [1.29, 1.82) is 0 Å². The molecule has 2 heterocycles. The zero-order valence-corrected chi connectivity index (χ0v) is 12.9. The molecule has 0 aromatic carbocycles. The summed E-state index contributed by atoms with van der Waals surface area (Å²) in [6.07, 6.45) is 3.40. The molecule has 2 amide bonds. The number of amides is 2. The molecule has 0 aromatic heterocycles. The number of carboxylic acids is 1. The molecule has 0 radical (unpaired) electrons. The fourth-order valence-corrected chi connectivity index (χ4v) is 4.05. The van der Waals surface area contributed by atoms with Gasteiger partial charge in [-0.15, -0.1) is 0 Å².